The van der Waals surface area contributed by atoms with Crippen LogP contribution in [0.15, 0.2) is 48.6 Å². The van der Waals surface area contributed by atoms with Crippen LogP contribution in [-0.2, 0) is 23.9 Å². The van der Waals surface area contributed by atoms with Crippen LogP contribution >= 0.6 is 0 Å². The quantitative estimate of drug-likeness (QED) is 0.520. The third-order valence-electron chi connectivity index (χ3n) is 7.24. The van der Waals surface area contributed by atoms with E-state index in [1.165, 1.54) is 4.90 Å². The molecule has 2 amide bonds. The van der Waals surface area contributed by atoms with Crippen LogP contribution in [0.5, 0.6) is 5.75 Å². The Morgan fingerprint density at radius 3 is 2.56 bits per heavy atom. The van der Waals surface area contributed by atoms with Gasteiger partial charge in [-0.05, 0) is 37.6 Å². The Hall–Kier alpha value is -3.17. The number of β-amino-alcohol motifs (C(OH)–C–C–N with tert-alkyl or cyclic N) is 1. The summed E-state index contributed by atoms with van der Waals surface area (Å²) in [5.41, 5.74) is -1.83. The molecule has 9 nitrogen and oxygen atoms in total. The fraction of sp³-hybridized carbons (Fsp3) is 0.480. The number of carbonyl (C=O) groups is 3. The summed E-state index contributed by atoms with van der Waals surface area (Å²) < 4.78 is 17.3. The lowest BCUT2D eigenvalue weighted by molar-refractivity contribution is -0.159. The van der Waals surface area contributed by atoms with Crippen LogP contribution in [-0.4, -0.2) is 78.4 Å². The van der Waals surface area contributed by atoms with Gasteiger partial charge in [0.1, 0.15) is 23.3 Å². The first-order valence-electron chi connectivity index (χ1n) is 11.5. The van der Waals surface area contributed by atoms with Crippen LogP contribution in [0.4, 0.5) is 5.69 Å². The summed E-state index contributed by atoms with van der Waals surface area (Å²) >= 11 is 0. The maximum absolute atomic E-state index is 14.0. The first-order valence-corrected chi connectivity index (χ1v) is 11.5. The Kier molecular flexibility index (Phi) is 5.49. The Balaban J connectivity index is 1.62. The number of aliphatic hydroxyl groups excluding tert-OH is 1. The fourth-order valence-electron chi connectivity index (χ4n) is 5.83. The molecule has 0 aromatic heterocycles. The van der Waals surface area contributed by atoms with E-state index in [0.717, 1.165) is 0 Å². The Labute approximate surface area is 197 Å². The molecule has 0 aliphatic carbocycles. The first kappa shape index (κ1) is 22.6. The van der Waals surface area contributed by atoms with Gasteiger partial charge in [-0.25, -0.2) is 0 Å². The highest BCUT2D eigenvalue weighted by molar-refractivity contribution is 6.05. The van der Waals surface area contributed by atoms with Gasteiger partial charge in [0.2, 0.25) is 5.91 Å². The van der Waals surface area contributed by atoms with Crippen molar-refractivity contribution >= 4 is 23.5 Å². The minimum Gasteiger partial charge on any atom is -0.497 e. The van der Waals surface area contributed by atoms with Crippen molar-refractivity contribution in [1.82, 2.24) is 4.90 Å². The molecule has 4 heterocycles. The van der Waals surface area contributed by atoms with Crippen LogP contribution in [0.1, 0.15) is 13.3 Å². The number of nitrogens with zero attached hydrogens (tertiary/aromatic N) is 2. The monoisotopic (exact) mass is 468 g/mol. The number of likely N-dealkylation sites (tertiary alicyclic amines) is 1. The molecule has 0 bridgehead atoms. The number of rotatable bonds is 4. The maximum Gasteiger partial charge on any atom is 0.313 e. The smallest absolute Gasteiger partial charge is 0.313 e. The zero-order valence-corrected chi connectivity index (χ0v) is 19.2. The average Bonchev–Trinajstić information content (AvgIpc) is 3.13. The van der Waals surface area contributed by atoms with Gasteiger partial charge < -0.3 is 29.1 Å². The minimum atomic E-state index is -1.36. The number of esters is 1. The third-order valence-corrected chi connectivity index (χ3v) is 7.24. The van der Waals surface area contributed by atoms with Gasteiger partial charge in [0, 0.05) is 18.8 Å². The highest BCUT2D eigenvalue weighted by atomic mass is 16.6. The van der Waals surface area contributed by atoms with Crippen molar-refractivity contribution in [1.29, 1.82) is 0 Å². The summed E-state index contributed by atoms with van der Waals surface area (Å²) in [6, 6.07) is 6.04. The number of methoxy groups -OCH3 is 1. The molecular weight excluding hydrogens is 440 g/mol. The zero-order valence-electron chi connectivity index (χ0n) is 19.2. The van der Waals surface area contributed by atoms with E-state index in [1.54, 1.807) is 49.3 Å². The topological polar surface area (TPSA) is 106 Å². The van der Waals surface area contributed by atoms with Crippen molar-refractivity contribution in [3.05, 3.63) is 48.6 Å². The van der Waals surface area contributed by atoms with Gasteiger partial charge in [-0.15, -0.1) is 0 Å². The number of fused-ring (bicyclic) bond motifs is 2. The molecule has 0 radical (unpaired) electrons. The van der Waals surface area contributed by atoms with E-state index >= 15 is 0 Å². The number of ether oxygens (including phenoxy) is 3. The van der Waals surface area contributed by atoms with Crippen LogP contribution in [0, 0.1) is 11.8 Å². The number of hydrogen-bond acceptors (Lipinski definition) is 7. The molecule has 9 heteroatoms. The van der Waals surface area contributed by atoms with E-state index in [9.17, 15) is 19.5 Å². The largest absolute Gasteiger partial charge is 0.497 e. The van der Waals surface area contributed by atoms with E-state index in [0.29, 0.717) is 17.9 Å². The summed E-state index contributed by atoms with van der Waals surface area (Å²) in [7, 11) is 1.57. The second-order valence-electron chi connectivity index (χ2n) is 9.16. The van der Waals surface area contributed by atoms with Gasteiger partial charge in [0.15, 0.2) is 0 Å². The molecule has 1 aromatic rings. The molecule has 2 saturated heterocycles. The number of benzene rings is 1. The third kappa shape index (κ3) is 3.18. The fourth-order valence-corrected chi connectivity index (χ4v) is 5.83. The highest BCUT2D eigenvalue weighted by Gasteiger charge is 2.74. The van der Waals surface area contributed by atoms with Gasteiger partial charge >= 0.3 is 5.97 Å². The van der Waals surface area contributed by atoms with Crippen LogP contribution < -0.4 is 9.64 Å². The molecule has 5 atom stereocenters. The summed E-state index contributed by atoms with van der Waals surface area (Å²) in [6.45, 7) is 1.88. The van der Waals surface area contributed by atoms with Crippen molar-refractivity contribution in [3.8, 4) is 5.75 Å². The van der Waals surface area contributed by atoms with Gasteiger partial charge in [-0.2, -0.15) is 0 Å². The molecular formula is C25H28N2O7. The summed E-state index contributed by atoms with van der Waals surface area (Å²) in [5, 5.41) is 9.72. The molecule has 5 rings (SSSR count). The van der Waals surface area contributed by atoms with Gasteiger partial charge in [-0.3, -0.25) is 14.4 Å². The SMILES string of the molecule is COc1ccc(N2CC=C[C@]34O[C@]5(C)C=CCCOC(=O)[C@@H]5[C@H]3C(=O)N(CCO)C4C2=O)cc1. The number of carbonyl (C=O) groups excluding carboxylic acids is 3. The van der Waals surface area contributed by atoms with E-state index < -0.39 is 41.0 Å². The van der Waals surface area contributed by atoms with Gasteiger partial charge in [0.25, 0.3) is 5.91 Å². The predicted octanol–water partition coefficient (Wildman–Crippen LogP) is 1.06. The van der Waals surface area contributed by atoms with Crippen LogP contribution in [0.3, 0.4) is 0 Å². The predicted molar refractivity (Wildman–Crippen MR) is 121 cm³/mol. The zero-order chi connectivity index (χ0) is 24.1. The van der Waals surface area contributed by atoms with Crippen LogP contribution in [0.2, 0.25) is 0 Å². The number of amides is 2. The van der Waals surface area contributed by atoms with Crippen molar-refractivity contribution in [2.45, 2.75) is 30.6 Å². The maximum atomic E-state index is 14.0. The molecule has 1 N–H and O–H groups in total. The average molecular weight is 469 g/mol. The van der Waals surface area contributed by atoms with Crippen molar-refractivity contribution in [2.24, 2.45) is 11.8 Å². The number of hydrogen-bond donors (Lipinski definition) is 1. The molecule has 180 valence electrons. The van der Waals surface area contributed by atoms with E-state index in [4.69, 9.17) is 14.2 Å². The Morgan fingerprint density at radius 2 is 1.85 bits per heavy atom. The molecule has 4 aliphatic rings. The lowest BCUT2D eigenvalue weighted by Gasteiger charge is -2.37. The second kappa shape index (κ2) is 8.25. The van der Waals surface area contributed by atoms with Gasteiger partial charge in [-0.1, -0.05) is 24.3 Å². The summed E-state index contributed by atoms with van der Waals surface area (Å²) in [4.78, 5) is 43.8. The van der Waals surface area contributed by atoms with E-state index in [2.05, 4.69) is 0 Å². The molecule has 1 spiro atoms. The summed E-state index contributed by atoms with van der Waals surface area (Å²) in [5.74, 6) is -2.44. The number of aliphatic hydroxyl groups is 1. The lowest BCUT2D eigenvalue weighted by Crippen LogP contribution is -2.56. The summed E-state index contributed by atoms with van der Waals surface area (Å²) in [6.07, 6.45) is 7.81. The van der Waals surface area contributed by atoms with Gasteiger partial charge in [0.05, 0.1) is 31.8 Å². The molecule has 4 aliphatic heterocycles. The lowest BCUT2D eigenvalue weighted by atomic mass is 9.74. The molecule has 34 heavy (non-hydrogen) atoms. The molecule has 1 unspecified atom stereocenters. The van der Waals surface area contributed by atoms with E-state index in [1.807, 2.05) is 18.2 Å². The van der Waals surface area contributed by atoms with Crippen molar-refractivity contribution in [3.63, 3.8) is 0 Å². The number of anilines is 1. The molecule has 1 aromatic carbocycles. The van der Waals surface area contributed by atoms with Crippen molar-refractivity contribution < 1.29 is 33.7 Å². The second-order valence-corrected chi connectivity index (χ2v) is 9.16. The number of cyclic esters (lactones) is 1. The normalized spacial score (nSPS) is 34.7. The van der Waals surface area contributed by atoms with E-state index in [-0.39, 0.29) is 32.2 Å². The molecule has 2 fully saturated rings. The Bertz CT molecular complexity index is 1070. The Morgan fingerprint density at radius 1 is 1.09 bits per heavy atom. The van der Waals surface area contributed by atoms with Crippen LogP contribution in [0.25, 0.3) is 0 Å². The minimum absolute atomic E-state index is 0.0462. The standard InChI is InChI=1S/C25H28N2O7/c1-24-10-3-4-15-33-23(31)19(24)18-21(29)27(13-14-28)20-22(30)26(12-5-11-25(18,20)34-24)16-6-8-17(32-2)9-7-16/h3,5-11,18-20,28H,4,12-15H2,1-2H3/t18-,19-,20?,24+,25-/m0/s1. The van der Waals surface area contributed by atoms with Crippen molar-refractivity contribution in [2.75, 3.05) is 38.3 Å². The highest BCUT2D eigenvalue weighted by Crippen LogP contribution is 2.57. The first-order chi connectivity index (χ1) is 16.4. The molecule has 0 saturated carbocycles.